The van der Waals surface area contributed by atoms with Crippen LogP contribution in [0.4, 0.5) is 5.13 Å². The molecule has 0 unspecified atom stereocenters. The molecular formula is C23H22N2O4S. The Kier molecular flexibility index (Phi) is 5.46. The SMILES string of the molecule is COc1ccc(OC)c(C(=O)N(Cc2ccco2)c2nc3cc(C)c(C)cc3s2)c1. The van der Waals surface area contributed by atoms with Gasteiger partial charge in [0.2, 0.25) is 0 Å². The lowest BCUT2D eigenvalue weighted by Gasteiger charge is -2.20. The molecule has 30 heavy (non-hydrogen) atoms. The predicted octanol–water partition coefficient (Wildman–Crippen LogP) is 5.37. The largest absolute Gasteiger partial charge is 0.497 e. The molecule has 0 fully saturated rings. The average Bonchev–Trinajstić information content (AvgIpc) is 3.41. The van der Waals surface area contributed by atoms with Crippen molar-refractivity contribution >= 4 is 32.6 Å². The van der Waals surface area contributed by atoms with E-state index in [9.17, 15) is 4.79 Å². The Balaban J connectivity index is 1.82. The van der Waals surface area contributed by atoms with E-state index in [0.29, 0.717) is 28.0 Å². The number of anilines is 1. The van der Waals surface area contributed by atoms with E-state index in [1.807, 2.05) is 12.1 Å². The molecule has 4 rings (SSSR count). The summed E-state index contributed by atoms with van der Waals surface area (Å²) in [4.78, 5) is 20.0. The summed E-state index contributed by atoms with van der Waals surface area (Å²) in [5.74, 6) is 1.47. The van der Waals surface area contributed by atoms with Crippen LogP contribution in [0.15, 0.2) is 53.1 Å². The number of aromatic nitrogens is 1. The Hall–Kier alpha value is -3.32. The molecule has 0 N–H and O–H groups in total. The lowest BCUT2D eigenvalue weighted by molar-refractivity contribution is 0.0980. The van der Waals surface area contributed by atoms with E-state index in [1.165, 1.54) is 16.9 Å². The smallest absolute Gasteiger partial charge is 0.264 e. The van der Waals surface area contributed by atoms with Crippen LogP contribution in [0.5, 0.6) is 11.5 Å². The second-order valence-electron chi connectivity index (χ2n) is 6.94. The fourth-order valence-corrected chi connectivity index (χ4v) is 4.24. The average molecular weight is 423 g/mol. The number of nitrogens with zero attached hydrogens (tertiary/aromatic N) is 2. The number of ether oxygens (including phenoxy) is 2. The van der Waals surface area contributed by atoms with E-state index >= 15 is 0 Å². The molecular weight excluding hydrogens is 400 g/mol. The maximum Gasteiger partial charge on any atom is 0.264 e. The minimum Gasteiger partial charge on any atom is -0.497 e. The summed E-state index contributed by atoms with van der Waals surface area (Å²) in [6, 6.07) is 13.0. The maximum atomic E-state index is 13.6. The van der Waals surface area contributed by atoms with Crippen LogP contribution in [-0.2, 0) is 6.54 Å². The van der Waals surface area contributed by atoms with E-state index in [2.05, 4.69) is 19.9 Å². The summed E-state index contributed by atoms with van der Waals surface area (Å²) in [7, 11) is 3.10. The number of amides is 1. The van der Waals surface area contributed by atoms with Crippen molar-refractivity contribution in [2.75, 3.05) is 19.1 Å². The van der Waals surface area contributed by atoms with Gasteiger partial charge in [-0.05, 0) is 67.4 Å². The third-order valence-corrected chi connectivity index (χ3v) is 6.04. The lowest BCUT2D eigenvalue weighted by atomic mass is 10.1. The minimum atomic E-state index is -0.241. The summed E-state index contributed by atoms with van der Waals surface area (Å²) >= 11 is 1.48. The normalized spacial score (nSPS) is 10.9. The summed E-state index contributed by atoms with van der Waals surface area (Å²) in [5.41, 5.74) is 3.62. The van der Waals surface area contributed by atoms with Gasteiger partial charge in [0, 0.05) is 0 Å². The third kappa shape index (κ3) is 3.76. The van der Waals surface area contributed by atoms with E-state index in [4.69, 9.17) is 18.9 Å². The van der Waals surface area contributed by atoms with Gasteiger partial charge in [-0.25, -0.2) is 4.98 Å². The first-order chi connectivity index (χ1) is 14.5. The molecule has 0 aliphatic heterocycles. The molecule has 0 saturated heterocycles. The molecule has 0 aliphatic carbocycles. The van der Waals surface area contributed by atoms with Gasteiger partial charge in [-0.3, -0.25) is 9.69 Å². The summed E-state index contributed by atoms with van der Waals surface area (Å²) in [5, 5.41) is 0.598. The Morgan fingerprint density at radius 2 is 1.90 bits per heavy atom. The number of hydrogen-bond donors (Lipinski definition) is 0. The van der Waals surface area contributed by atoms with Gasteiger partial charge in [0.1, 0.15) is 17.3 Å². The van der Waals surface area contributed by atoms with Crippen LogP contribution in [0.3, 0.4) is 0 Å². The molecule has 2 aromatic heterocycles. The van der Waals surface area contributed by atoms with Crippen LogP contribution in [0, 0.1) is 13.8 Å². The molecule has 0 spiro atoms. The zero-order chi connectivity index (χ0) is 21.3. The van der Waals surface area contributed by atoms with Gasteiger partial charge in [0.05, 0.1) is 42.8 Å². The van der Waals surface area contributed by atoms with Gasteiger partial charge < -0.3 is 13.9 Å². The van der Waals surface area contributed by atoms with Crippen molar-refractivity contribution in [3.05, 3.63) is 71.2 Å². The molecule has 4 aromatic rings. The van der Waals surface area contributed by atoms with Crippen LogP contribution < -0.4 is 14.4 Å². The van der Waals surface area contributed by atoms with Crippen LogP contribution >= 0.6 is 11.3 Å². The Bertz CT molecular complexity index is 1160. The zero-order valence-electron chi connectivity index (χ0n) is 17.3. The standard InChI is InChI=1S/C23H22N2O4S/c1-14-10-19-21(11-15(14)2)30-23(24-19)25(13-17-6-5-9-29-17)22(26)18-12-16(27-3)7-8-20(18)28-4/h5-12H,13H2,1-4H3. The molecule has 0 aliphatic rings. The number of furan rings is 1. The molecule has 1 amide bonds. The number of benzene rings is 2. The van der Waals surface area contributed by atoms with Crippen LogP contribution in [0.1, 0.15) is 27.2 Å². The maximum absolute atomic E-state index is 13.6. The second kappa shape index (κ2) is 8.20. The van der Waals surface area contributed by atoms with Crippen molar-refractivity contribution in [3.63, 3.8) is 0 Å². The molecule has 0 radical (unpaired) electrons. The quantitative estimate of drug-likeness (QED) is 0.418. The van der Waals surface area contributed by atoms with Gasteiger partial charge in [0.15, 0.2) is 5.13 Å². The molecule has 0 saturated carbocycles. The molecule has 2 heterocycles. The van der Waals surface area contributed by atoms with Gasteiger partial charge >= 0.3 is 0 Å². The number of fused-ring (bicyclic) bond motifs is 1. The number of thiazole rings is 1. The number of carbonyl (C=O) groups excluding carboxylic acids is 1. The van der Waals surface area contributed by atoms with Crippen molar-refractivity contribution in [1.82, 2.24) is 4.98 Å². The molecule has 6 nitrogen and oxygen atoms in total. The Labute approximate surface area is 178 Å². The molecule has 0 atom stereocenters. The fourth-order valence-electron chi connectivity index (χ4n) is 3.19. The number of methoxy groups -OCH3 is 2. The summed E-state index contributed by atoms with van der Waals surface area (Å²) < 4.78 is 17.3. The van der Waals surface area contributed by atoms with Gasteiger partial charge in [-0.2, -0.15) is 0 Å². The highest BCUT2D eigenvalue weighted by Crippen LogP contribution is 2.34. The third-order valence-electron chi connectivity index (χ3n) is 5.00. The highest BCUT2D eigenvalue weighted by molar-refractivity contribution is 7.22. The lowest BCUT2D eigenvalue weighted by Crippen LogP contribution is -2.30. The molecule has 7 heteroatoms. The number of hydrogen-bond acceptors (Lipinski definition) is 6. The number of aryl methyl sites for hydroxylation is 2. The molecule has 2 aromatic carbocycles. The van der Waals surface area contributed by atoms with E-state index in [1.54, 1.807) is 49.6 Å². The molecule has 0 bridgehead atoms. The van der Waals surface area contributed by atoms with Crippen LogP contribution in [0.25, 0.3) is 10.2 Å². The molecule has 154 valence electrons. The fraction of sp³-hybridized carbons (Fsp3) is 0.217. The summed E-state index contributed by atoms with van der Waals surface area (Å²) in [6.45, 7) is 4.38. The Morgan fingerprint density at radius 3 is 2.60 bits per heavy atom. The van der Waals surface area contributed by atoms with E-state index in [0.717, 1.165) is 15.8 Å². The van der Waals surface area contributed by atoms with Gasteiger partial charge in [0.25, 0.3) is 5.91 Å². The second-order valence-corrected chi connectivity index (χ2v) is 7.95. The topological polar surface area (TPSA) is 64.8 Å². The van der Waals surface area contributed by atoms with Gasteiger partial charge in [-0.1, -0.05) is 11.3 Å². The van der Waals surface area contributed by atoms with Crippen molar-refractivity contribution in [1.29, 1.82) is 0 Å². The van der Waals surface area contributed by atoms with Crippen molar-refractivity contribution in [2.24, 2.45) is 0 Å². The number of rotatable bonds is 6. The Morgan fingerprint density at radius 1 is 1.10 bits per heavy atom. The predicted molar refractivity (Wildman–Crippen MR) is 118 cm³/mol. The minimum absolute atomic E-state index is 0.241. The first kappa shape index (κ1) is 20.0. The van der Waals surface area contributed by atoms with Gasteiger partial charge in [-0.15, -0.1) is 0 Å². The first-order valence-electron chi connectivity index (χ1n) is 9.44. The van der Waals surface area contributed by atoms with Crippen molar-refractivity contribution < 1.29 is 18.7 Å². The highest BCUT2D eigenvalue weighted by atomic mass is 32.1. The van der Waals surface area contributed by atoms with E-state index in [-0.39, 0.29) is 12.5 Å². The monoisotopic (exact) mass is 422 g/mol. The van der Waals surface area contributed by atoms with E-state index < -0.39 is 0 Å². The van der Waals surface area contributed by atoms with Crippen molar-refractivity contribution in [2.45, 2.75) is 20.4 Å². The summed E-state index contributed by atoms with van der Waals surface area (Å²) in [6.07, 6.45) is 1.59. The van der Waals surface area contributed by atoms with Crippen molar-refractivity contribution in [3.8, 4) is 11.5 Å². The first-order valence-corrected chi connectivity index (χ1v) is 10.3. The highest BCUT2D eigenvalue weighted by Gasteiger charge is 2.26. The van der Waals surface area contributed by atoms with Crippen LogP contribution in [-0.4, -0.2) is 25.1 Å². The van der Waals surface area contributed by atoms with Crippen LogP contribution in [0.2, 0.25) is 0 Å². The number of carbonyl (C=O) groups is 1. The zero-order valence-corrected chi connectivity index (χ0v) is 18.1.